The molecule has 0 saturated carbocycles. The van der Waals surface area contributed by atoms with E-state index in [0.717, 1.165) is 18.4 Å². The Bertz CT molecular complexity index is 1490. The van der Waals surface area contributed by atoms with Crippen molar-refractivity contribution in [2.45, 2.75) is 76.3 Å². The van der Waals surface area contributed by atoms with Gasteiger partial charge in [0.2, 0.25) is 0 Å². The number of benzene rings is 2. The van der Waals surface area contributed by atoms with Crippen molar-refractivity contribution < 1.29 is 23.1 Å². The van der Waals surface area contributed by atoms with Gasteiger partial charge in [-0.05, 0) is 47.9 Å². The molecule has 2 aromatic carbocycles. The summed E-state index contributed by atoms with van der Waals surface area (Å²) in [5.74, 6) is -1.02. The van der Waals surface area contributed by atoms with E-state index in [4.69, 9.17) is 4.74 Å². The van der Waals surface area contributed by atoms with E-state index in [9.17, 15) is 18.3 Å². The first-order valence-corrected chi connectivity index (χ1v) is 15.1. The molecule has 9 heteroatoms. The Labute approximate surface area is 237 Å². The Morgan fingerprint density at radius 1 is 1.12 bits per heavy atom. The highest BCUT2D eigenvalue weighted by Gasteiger charge is 2.46. The standard InChI is InChI=1S/C31H39N3O5S/c1-6-16-31(17-15-22-11-8-7-9-12-22)19-25(35)27(29(36)39-31)28(30(2,3)4)23-13-10-14-24(18-23)33-40(37,38)26-20-34(5)21-32-26/h7-14,18,20-21,28,33,35H,6,15-17,19H2,1-5H3. The van der Waals surface area contributed by atoms with E-state index in [0.29, 0.717) is 24.1 Å². The Kier molecular flexibility index (Phi) is 8.44. The molecule has 2 heterocycles. The highest BCUT2D eigenvalue weighted by Crippen LogP contribution is 2.47. The second-order valence-electron chi connectivity index (χ2n) is 11.8. The summed E-state index contributed by atoms with van der Waals surface area (Å²) >= 11 is 0. The molecular weight excluding hydrogens is 526 g/mol. The third kappa shape index (κ3) is 6.58. The van der Waals surface area contributed by atoms with Crippen LogP contribution in [0, 0.1) is 5.41 Å². The number of hydrogen-bond acceptors (Lipinski definition) is 6. The summed E-state index contributed by atoms with van der Waals surface area (Å²) in [7, 11) is -2.21. The van der Waals surface area contributed by atoms with E-state index >= 15 is 0 Å². The molecule has 0 amide bonds. The van der Waals surface area contributed by atoms with Crippen LogP contribution in [0.5, 0.6) is 0 Å². The highest BCUT2D eigenvalue weighted by atomic mass is 32.2. The van der Waals surface area contributed by atoms with Gasteiger partial charge in [0.25, 0.3) is 10.0 Å². The molecule has 0 fully saturated rings. The van der Waals surface area contributed by atoms with E-state index in [1.807, 2.05) is 52.0 Å². The molecule has 2 unspecified atom stereocenters. The van der Waals surface area contributed by atoms with Crippen molar-refractivity contribution >= 4 is 21.7 Å². The summed E-state index contributed by atoms with van der Waals surface area (Å²) in [6.45, 7) is 8.00. The number of esters is 1. The number of imidazole rings is 1. The number of nitrogens with zero attached hydrogens (tertiary/aromatic N) is 2. The Morgan fingerprint density at radius 2 is 1.85 bits per heavy atom. The van der Waals surface area contributed by atoms with Crippen molar-refractivity contribution in [1.29, 1.82) is 0 Å². The van der Waals surface area contributed by atoms with Gasteiger partial charge >= 0.3 is 5.97 Å². The number of aryl methyl sites for hydroxylation is 2. The van der Waals surface area contributed by atoms with E-state index < -0.39 is 32.9 Å². The van der Waals surface area contributed by atoms with Gasteiger partial charge in [0.1, 0.15) is 11.4 Å². The molecule has 0 spiro atoms. The quantitative estimate of drug-likeness (QED) is 0.280. The fraction of sp³-hybridized carbons (Fsp3) is 0.419. The molecule has 0 aliphatic carbocycles. The number of carbonyl (C=O) groups is 1. The lowest BCUT2D eigenvalue weighted by Crippen LogP contribution is -2.43. The number of sulfonamides is 1. The summed E-state index contributed by atoms with van der Waals surface area (Å²) in [5, 5.41) is 11.4. The number of aliphatic hydroxyl groups is 1. The van der Waals surface area contributed by atoms with E-state index in [2.05, 4.69) is 21.8 Å². The van der Waals surface area contributed by atoms with Crippen molar-refractivity contribution in [2.75, 3.05) is 4.72 Å². The van der Waals surface area contributed by atoms with E-state index in [1.165, 1.54) is 12.5 Å². The van der Waals surface area contributed by atoms with Gasteiger partial charge in [0.05, 0.1) is 11.9 Å². The third-order valence-corrected chi connectivity index (χ3v) is 8.60. The molecule has 0 saturated heterocycles. The van der Waals surface area contributed by atoms with Gasteiger partial charge < -0.3 is 14.4 Å². The predicted octanol–water partition coefficient (Wildman–Crippen LogP) is 6.28. The number of hydrogen-bond donors (Lipinski definition) is 2. The van der Waals surface area contributed by atoms with E-state index in [1.54, 1.807) is 29.8 Å². The molecule has 3 aromatic rings. The molecule has 2 atom stereocenters. The number of carbonyl (C=O) groups excluding carboxylic acids is 1. The summed E-state index contributed by atoms with van der Waals surface area (Å²) in [5.41, 5.74) is 1.14. The largest absolute Gasteiger partial charge is 0.512 e. The maximum atomic E-state index is 13.7. The van der Waals surface area contributed by atoms with Crippen LogP contribution < -0.4 is 4.72 Å². The van der Waals surface area contributed by atoms with Gasteiger partial charge in [-0.2, -0.15) is 8.42 Å². The second-order valence-corrected chi connectivity index (χ2v) is 13.4. The number of rotatable bonds is 10. The van der Waals surface area contributed by atoms with Gasteiger partial charge in [-0.25, -0.2) is 9.78 Å². The van der Waals surface area contributed by atoms with Gasteiger partial charge in [0, 0.05) is 31.3 Å². The first-order chi connectivity index (χ1) is 18.8. The zero-order valence-corrected chi connectivity index (χ0v) is 24.7. The molecule has 2 N–H and O–H groups in total. The van der Waals surface area contributed by atoms with Crippen LogP contribution in [0.1, 0.15) is 70.4 Å². The van der Waals surface area contributed by atoms with Crippen LogP contribution in [0.15, 0.2) is 83.5 Å². The molecule has 8 nitrogen and oxygen atoms in total. The average Bonchev–Trinajstić information content (AvgIpc) is 3.32. The minimum atomic E-state index is -3.90. The molecule has 40 heavy (non-hydrogen) atoms. The van der Waals surface area contributed by atoms with Gasteiger partial charge in [0.15, 0.2) is 5.03 Å². The van der Waals surface area contributed by atoms with Crippen molar-refractivity contribution in [3.8, 4) is 0 Å². The monoisotopic (exact) mass is 565 g/mol. The number of aliphatic hydroxyl groups excluding tert-OH is 1. The predicted molar refractivity (Wildman–Crippen MR) is 155 cm³/mol. The maximum Gasteiger partial charge on any atom is 0.338 e. The third-order valence-electron chi connectivity index (χ3n) is 7.33. The summed E-state index contributed by atoms with van der Waals surface area (Å²) < 4.78 is 36.1. The molecule has 1 aromatic heterocycles. The summed E-state index contributed by atoms with van der Waals surface area (Å²) in [6, 6.07) is 17.0. The zero-order valence-electron chi connectivity index (χ0n) is 23.8. The van der Waals surface area contributed by atoms with Crippen LogP contribution in [-0.4, -0.2) is 34.6 Å². The lowest BCUT2D eigenvalue weighted by atomic mass is 9.70. The molecule has 1 aliphatic heterocycles. The Hall–Kier alpha value is -3.59. The fourth-order valence-electron chi connectivity index (χ4n) is 5.58. The lowest BCUT2D eigenvalue weighted by molar-refractivity contribution is -0.161. The summed E-state index contributed by atoms with van der Waals surface area (Å²) in [6.07, 6.45) is 5.89. The van der Waals surface area contributed by atoms with Crippen LogP contribution in [0.25, 0.3) is 0 Å². The smallest absolute Gasteiger partial charge is 0.338 e. The van der Waals surface area contributed by atoms with Gasteiger partial charge in [-0.15, -0.1) is 0 Å². The van der Waals surface area contributed by atoms with E-state index in [-0.39, 0.29) is 22.8 Å². The fourth-order valence-corrected chi connectivity index (χ4v) is 6.62. The van der Waals surface area contributed by atoms with Gasteiger partial charge in [-0.1, -0.05) is 76.6 Å². The van der Waals surface area contributed by atoms with Crippen LogP contribution in [-0.2, 0) is 33.0 Å². The molecular formula is C31H39N3O5S. The molecule has 0 bridgehead atoms. The number of nitrogens with one attached hydrogen (secondary N) is 1. The van der Waals surface area contributed by atoms with Crippen molar-refractivity contribution in [3.63, 3.8) is 0 Å². The normalized spacial score (nSPS) is 18.9. The minimum Gasteiger partial charge on any atom is -0.512 e. The number of cyclic esters (lactones) is 1. The van der Waals surface area contributed by atoms with Crippen LogP contribution >= 0.6 is 0 Å². The van der Waals surface area contributed by atoms with Crippen molar-refractivity contribution in [1.82, 2.24) is 9.55 Å². The number of anilines is 1. The Balaban J connectivity index is 1.66. The molecule has 0 radical (unpaired) electrons. The number of ether oxygens (including phenoxy) is 1. The lowest BCUT2D eigenvalue weighted by Gasteiger charge is -2.41. The Morgan fingerprint density at radius 3 is 2.45 bits per heavy atom. The number of aromatic nitrogens is 2. The van der Waals surface area contributed by atoms with Crippen molar-refractivity contribution in [3.05, 3.63) is 89.6 Å². The van der Waals surface area contributed by atoms with Crippen LogP contribution in [0.4, 0.5) is 5.69 Å². The zero-order chi connectivity index (χ0) is 29.1. The molecule has 214 valence electrons. The molecule has 4 rings (SSSR count). The second kappa shape index (κ2) is 11.5. The molecule has 1 aliphatic rings. The highest BCUT2D eigenvalue weighted by molar-refractivity contribution is 7.92. The van der Waals surface area contributed by atoms with Crippen LogP contribution in [0.2, 0.25) is 0 Å². The average molecular weight is 566 g/mol. The minimum absolute atomic E-state index is 0.0390. The van der Waals surface area contributed by atoms with Crippen LogP contribution in [0.3, 0.4) is 0 Å². The first-order valence-electron chi connectivity index (χ1n) is 13.6. The SMILES string of the molecule is CCCC1(CCc2ccccc2)CC(O)=C(C(c2cccc(NS(=O)(=O)c3cn(C)cn3)c2)C(C)(C)C)C(=O)O1. The topological polar surface area (TPSA) is 111 Å². The van der Waals surface area contributed by atoms with Crippen molar-refractivity contribution in [2.24, 2.45) is 12.5 Å². The summed E-state index contributed by atoms with van der Waals surface area (Å²) in [4.78, 5) is 17.7. The first kappa shape index (κ1) is 29.4. The maximum absolute atomic E-state index is 13.7. The van der Waals surface area contributed by atoms with Gasteiger partial charge in [-0.3, -0.25) is 4.72 Å².